The van der Waals surface area contributed by atoms with Gasteiger partial charge in [-0.2, -0.15) is 0 Å². The number of urea groups is 1. The number of hydrogen-bond acceptors (Lipinski definition) is 3. The third-order valence-electron chi connectivity index (χ3n) is 6.65. The van der Waals surface area contributed by atoms with E-state index in [1.807, 2.05) is 0 Å². The van der Waals surface area contributed by atoms with Crippen LogP contribution < -0.4 is 16.0 Å². The van der Waals surface area contributed by atoms with Crippen LogP contribution in [0.4, 0.5) is 4.79 Å². The lowest BCUT2D eigenvalue weighted by Crippen LogP contribution is -2.47. The topological polar surface area (TPSA) is 87.3 Å². The molecule has 0 aromatic rings. The maximum absolute atomic E-state index is 12.2. The highest BCUT2D eigenvalue weighted by atomic mass is 16.2. The average molecular weight is 307 g/mol. The molecule has 0 spiro atoms. The van der Waals surface area contributed by atoms with Crippen LogP contribution in [-0.4, -0.2) is 29.9 Å². The van der Waals surface area contributed by atoms with E-state index in [0.717, 1.165) is 12.8 Å². The Morgan fingerprint density at radius 3 is 2.55 bits per heavy atom. The van der Waals surface area contributed by atoms with Gasteiger partial charge in [0, 0.05) is 12.5 Å². The summed E-state index contributed by atoms with van der Waals surface area (Å²) < 4.78 is 0. The molecule has 0 radical (unpaired) electrons. The van der Waals surface area contributed by atoms with Gasteiger partial charge in [0.1, 0.15) is 6.04 Å². The van der Waals surface area contributed by atoms with Crippen LogP contribution in [0.1, 0.15) is 52.9 Å². The molecule has 2 bridgehead atoms. The Hall–Kier alpha value is -1.59. The fraction of sp³-hybridized carbons (Fsp3) is 0.812. The molecule has 0 unspecified atom stereocenters. The zero-order chi connectivity index (χ0) is 16.1. The standard InChI is InChI=1S/C16H25N3O3/c1-15(2)9-6-7-16(15,3)11(8-9)18-12(20)5-4-10-13(21)19-14(22)17-10/h9-11H,4-8H2,1-3H3,(H,18,20)(H2,17,19,21,22)/t9-,10-,11-,16-/m0/s1. The zero-order valence-corrected chi connectivity index (χ0v) is 13.5. The second-order valence-electron chi connectivity index (χ2n) is 7.78. The molecule has 2 aliphatic carbocycles. The van der Waals surface area contributed by atoms with Crippen molar-refractivity contribution < 1.29 is 14.4 Å². The molecule has 4 amide bonds. The van der Waals surface area contributed by atoms with E-state index < -0.39 is 12.1 Å². The third kappa shape index (κ3) is 2.20. The molecule has 4 atom stereocenters. The lowest BCUT2D eigenvalue weighted by molar-refractivity contribution is -0.123. The van der Waals surface area contributed by atoms with Crippen molar-refractivity contribution in [3.05, 3.63) is 0 Å². The fourth-order valence-electron chi connectivity index (χ4n) is 4.63. The molecule has 3 N–H and O–H groups in total. The van der Waals surface area contributed by atoms with Crippen LogP contribution in [0.2, 0.25) is 0 Å². The number of imide groups is 1. The minimum absolute atomic E-state index is 0.0245. The van der Waals surface area contributed by atoms with Crippen molar-refractivity contribution in [2.75, 3.05) is 0 Å². The summed E-state index contributed by atoms with van der Waals surface area (Å²) in [7, 11) is 0. The van der Waals surface area contributed by atoms with Gasteiger partial charge in [-0.1, -0.05) is 20.8 Å². The van der Waals surface area contributed by atoms with Gasteiger partial charge in [0.05, 0.1) is 0 Å². The SMILES string of the molecule is CC1(C)[C@H]2CC[C@@]1(C)[C@@H](NC(=O)CC[C@@H]1NC(=O)NC1=O)C2. The van der Waals surface area contributed by atoms with Crippen molar-refractivity contribution in [2.45, 2.75) is 65.0 Å². The Morgan fingerprint density at radius 2 is 2.05 bits per heavy atom. The minimum atomic E-state index is -0.578. The maximum Gasteiger partial charge on any atom is 0.322 e. The lowest BCUT2D eigenvalue weighted by atomic mass is 9.69. The van der Waals surface area contributed by atoms with Gasteiger partial charge in [-0.05, 0) is 42.4 Å². The summed E-state index contributed by atoms with van der Waals surface area (Å²) in [6.07, 6.45) is 4.08. The average Bonchev–Trinajstić information content (AvgIpc) is 2.93. The highest BCUT2D eigenvalue weighted by Crippen LogP contribution is 2.65. The number of amides is 4. The van der Waals surface area contributed by atoms with E-state index in [1.165, 1.54) is 6.42 Å². The molecular weight excluding hydrogens is 282 g/mol. The van der Waals surface area contributed by atoms with Crippen molar-refractivity contribution in [1.82, 2.24) is 16.0 Å². The van der Waals surface area contributed by atoms with Crippen molar-refractivity contribution in [2.24, 2.45) is 16.7 Å². The Bertz CT molecular complexity index is 531. The quantitative estimate of drug-likeness (QED) is 0.684. The summed E-state index contributed by atoms with van der Waals surface area (Å²) in [5, 5.41) is 7.88. The summed E-state index contributed by atoms with van der Waals surface area (Å²) in [4.78, 5) is 34.7. The highest BCUT2D eigenvalue weighted by molar-refractivity contribution is 6.04. The Balaban J connectivity index is 1.53. The summed E-state index contributed by atoms with van der Waals surface area (Å²) in [5.41, 5.74) is 0.427. The first kappa shape index (κ1) is 15.3. The summed E-state index contributed by atoms with van der Waals surface area (Å²) in [5.74, 6) is 0.317. The Labute approximate surface area is 130 Å². The first-order valence-corrected chi connectivity index (χ1v) is 8.15. The highest BCUT2D eigenvalue weighted by Gasteiger charge is 2.61. The molecule has 22 heavy (non-hydrogen) atoms. The molecule has 3 aliphatic rings. The number of carbonyl (C=O) groups is 3. The van der Waals surface area contributed by atoms with Crippen molar-refractivity contribution in [3.63, 3.8) is 0 Å². The molecule has 0 aromatic heterocycles. The molecule has 6 nitrogen and oxygen atoms in total. The van der Waals surface area contributed by atoms with Crippen LogP contribution in [0.15, 0.2) is 0 Å². The van der Waals surface area contributed by atoms with Crippen LogP contribution in [0.25, 0.3) is 0 Å². The molecule has 6 heteroatoms. The maximum atomic E-state index is 12.2. The predicted octanol–water partition coefficient (Wildman–Crippen LogP) is 1.31. The third-order valence-corrected chi connectivity index (χ3v) is 6.65. The predicted molar refractivity (Wildman–Crippen MR) is 80.9 cm³/mol. The van der Waals surface area contributed by atoms with Crippen LogP contribution in [0.3, 0.4) is 0 Å². The number of rotatable bonds is 4. The van der Waals surface area contributed by atoms with Gasteiger partial charge in [-0.25, -0.2) is 4.79 Å². The zero-order valence-electron chi connectivity index (χ0n) is 13.5. The lowest BCUT2D eigenvalue weighted by Gasteiger charge is -2.39. The van der Waals surface area contributed by atoms with Gasteiger partial charge in [0.15, 0.2) is 0 Å². The molecule has 122 valence electrons. The van der Waals surface area contributed by atoms with Crippen LogP contribution in [-0.2, 0) is 9.59 Å². The first-order chi connectivity index (χ1) is 10.2. The number of carbonyl (C=O) groups excluding carboxylic acids is 3. The molecule has 2 saturated carbocycles. The molecule has 3 fully saturated rings. The molecule has 0 aromatic carbocycles. The fourth-order valence-corrected chi connectivity index (χ4v) is 4.63. The van der Waals surface area contributed by atoms with E-state index in [4.69, 9.17) is 0 Å². The molecular formula is C16H25N3O3. The van der Waals surface area contributed by atoms with Crippen LogP contribution in [0.5, 0.6) is 0 Å². The minimum Gasteiger partial charge on any atom is -0.353 e. The summed E-state index contributed by atoms with van der Waals surface area (Å²) >= 11 is 0. The number of hydrogen-bond donors (Lipinski definition) is 3. The van der Waals surface area contributed by atoms with E-state index in [9.17, 15) is 14.4 Å². The monoisotopic (exact) mass is 307 g/mol. The van der Waals surface area contributed by atoms with E-state index >= 15 is 0 Å². The number of nitrogens with one attached hydrogen (secondary N) is 3. The smallest absolute Gasteiger partial charge is 0.322 e. The second-order valence-corrected chi connectivity index (χ2v) is 7.78. The first-order valence-electron chi connectivity index (χ1n) is 8.15. The van der Waals surface area contributed by atoms with Gasteiger partial charge in [0.2, 0.25) is 5.91 Å². The van der Waals surface area contributed by atoms with Crippen molar-refractivity contribution in [1.29, 1.82) is 0 Å². The normalized spacial score (nSPS) is 38.8. The summed E-state index contributed by atoms with van der Waals surface area (Å²) in [6, 6.07) is -0.830. The van der Waals surface area contributed by atoms with Crippen molar-refractivity contribution in [3.8, 4) is 0 Å². The van der Waals surface area contributed by atoms with Crippen LogP contribution in [0, 0.1) is 16.7 Å². The van der Waals surface area contributed by atoms with Gasteiger partial charge < -0.3 is 10.6 Å². The van der Waals surface area contributed by atoms with E-state index in [0.29, 0.717) is 12.3 Å². The van der Waals surface area contributed by atoms with Crippen molar-refractivity contribution >= 4 is 17.8 Å². The molecule has 3 rings (SSSR count). The molecule has 1 heterocycles. The number of fused-ring (bicyclic) bond motifs is 2. The van der Waals surface area contributed by atoms with E-state index in [2.05, 4.69) is 36.7 Å². The van der Waals surface area contributed by atoms with E-state index in [-0.39, 0.29) is 35.1 Å². The van der Waals surface area contributed by atoms with Gasteiger partial charge in [-0.3, -0.25) is 14.9 Å². The van der Waals surface area contributed by atoms with Gasteiger partial charge >= 0.3 is 6.03 Å². The summed E-state index contributed by atoms with van der Waals surface area (Å²) in [6.45, 7) is 6.92. The molecule has 1 aliphatic heterocycles. The van der Waals surface area contributed by atoms with Crippen LogP contribution >= 0.6 is 0 Å². The molecule has 1 saturated heterocycles. The van der Waals surface area contributed by atoms with Gasteiger partial charge in [-0.15, -0.1) is 0 Å². The Morgan fingerprint density at radius 1 is 1.32 bits per heavy atom. The van der Waals surface area contributed by atoms with E-state index in [1.54, 1.807) is 0 Å². The largest absolute Gasteiger partial charge is 0.353 e. The van der Waals surface area contributed by atoms with Gasteiger partial charge in [0.25, 0.3) is 5.91 Å². The Kier molecular flexibility index (Phi) is 3.45. The second kappa shape index (κ2) is 4.96.